The fourth-order valence-corrected chi connectivity index (χ4v) is 3.07. The number of nitriles is 1. The average Bonchev–Trinajstić information content (AvgIpc) is 3.02. The molecule has 1 aromatic carbocycles. The average molecular weight is 431 g/mol. The van der Waals surface area contributed by atoms with Crippen LogP contribution in [-0.2, 0) is 17.2 Å². The van der Waals surface area contributed by atoms with Gasteiger partial charge < -0.3 is 15.6 Å². The summed E-state index contributed by atoms with van der Waals surface area (Å²) < 4.78 is 84.6. The van der Waals surface area contributed by atoms with Gasteiger partial charge in [0.05, 0.1) is 17.3 Å². The summed E-state index contributed by atoms with van der Waals surface area (Å²) in [4.78, 5) is 3.85. The molecule has 160 valence electrons. The lowest BCUT2D eigenvalue weighted by molar-refractivity contribution is -0.263. The fourth-order valence-electron chi connectivity index (χ4n) is 3.07. The molecule has 0 aliphatic carbocycles. The minimum absolute atomic E-state index is 0.0184. The van der Waals surface area contributed by atoms with Crippen LogP contribution in [0.3, 0.4) is 0 Å². The third kappa shape index (κ3) is 3.36. The van der Waals surface area contributed by atoms with E-state index in [1.807, 2.05) is 6.07 Å². The summed E-state index contributed by atoms with van der Waals surface area (Å²) in [6, 6.07) is 6.38. The van der Waals surface area contributed by atoms with Gasteiger partial charge in [-0.2, -0.15) is 31.6 Å². The van der Waals surface area contributed by atoms with Gasteiger partial charge in [0.2, 0.25) is 5.60 Å². The molecule has 0 amide bonds. The summed E-state index contributed by atoms with van der Waals surface area (Å²) in [7, 11) is 0. The number of hydrogen-bond acceptors (Lipinski definition) is 5. The third-order valence-corrected chi connectivity index (χ3v) is 4.99. The molecule has 0 bridgehead atoms. The monoisotopic (exact) mass is 431 g/mol. The van der Waals surface area contributed by atoms with Gasteiger partial charge in [-0.05, 0) is 25.1 Å². The van der Waals surface area contributed by atoms with Crippen molar-refractivity contribution in [1.29, 1.82) is 5.26 Å². The quantitative estimate of drug-likeness (QED) is 0.724. The molecule has 0 saturated heterocycles. The lowest BCUT2D eigenvalue weighted by Gasteiger charge is -2.29. The molecule has 1 aromatic heterocycles. The fraction of sp³-hybridized carbons (Fsp3) is 0.368. The van der Waals surface area contributed by atoms with Crippen molar-refractivity contribution >= 4 is 0 Å². The zero-order chi connectivity index (χ0) is 22.5. The van der Waals surface area contributed by atoms with E-state index in [4.69, 9.17) is 10.5 Å². The van der Waals surface area contributed by atoms with E-state index in [1.165, 1.54) is 6.92 Å². The number of alkyl halides is 6. The second-order valence-electron chi connectivity index (χ2n) is 7.10. The predicted molar refractivity (Wildman–Crippen MR) is 92.1 cm³/mol. The van der Waals surface area contributed by atoms with E-state index in [-0.39, 0.29) is 29.2 Å². The van der Waals surface area contributed by atoms with Crippen LogP contribution in [0.25, 0.3) is 11.3 Å². The molecule has 2 unspecified atom stereocenters. The first-order valence-electron chi connectivity index (χ1n) is 8.54. The molecule has 11 heteroatoms. The molecule has 0 radical (unpaired) electrons. The van der Waals surface area contributed by atoms with Crippen molar-refractivity contribution in [2.45, 2.75) is 30.3 Å². The predicted octanol–water partition coefficient (Wildman–Crippen LogP) is 3.65. The summed E-state index contributed by atoms with van der Waals surface area (Å²) in [6.45, 7) is -0.0300. The summed E-state index contributed by atoms with van der Waals surface area (Å²) in [5.74, 6) is -0.0379. The molecule has 0 fully saturated rings. The Kier molecular flexibility index (Phi) is 4.99. The zero-order valence-corrected chi connectivity index (χ0v) is 15.4. The number of nitrogens with zero attached hydrogens (tertiary/aromatic N) is 2. The molecular weight excluding hydrogens is 416 g/mol. The smallest absolute Gasteiger partial charge is 0.424 e. The Morgan fingerprint density at radius 1 is 1.20 bits per heavy atom. The van der Waals surface area contributed by atoms with Crippen LogP contribution in [-0.4, -0.2) is 29.4 Å². The number of ether oxygens (including phenoxy) is 1. The molecule has 0 spiro atoms. The molecule has 1 aliphatic rings. The summed E-state index contributed by atoms with van der Waals surface area (Å²) in [6.07, 6.45) is -9.80. The number of aliphatic hydroxyl groups is 1. The normalized spacial score (nSPS) is 20.8. The van der Waals surface area contributed by atoms with Gasteiger partial charge in [-0.25, -0.2) is 4.98 Å². The second kappa shape index (κ2) is 6.85. The molecule has 3 N–H and O–H groups in total. The van der Waals surface area contributed by atoms with Crippen LogP contribution < -0.4 is 10.5 Å². The Bertz CT molecular complexity index is 1010. The number of fused-ring (bicyclic) bond motifs is 1. The Morgan fingerprint density at radius 2 is 1.80 bits per heavy atom. The van der Waals surface area contributed by atoms with Gasteiger partial charge in [0.15, 0.2) is 5.75 Å². The van der Waals surface area contributed by atoms with Crippen molar-refractivity contribution in [2.75, 3.05) is 13.2 Å². The molecule has 0 saturated carbocycles. The van der Waals surface area contributed by atoms with E-state index in [1.54, 1.807) is 0 Å². The first-order valence-corrected chi connectivity index (χ1v) is 8.54. The first-order chi connectivity index (χ1) is 13.8. The van der Waals surface area contributed by atoms with E-state index in [0.717, 1.165) is 30.3 Å². The minimum Gasteiger partial charge on any atom is -0.489 e. The van der Waals surface area contributed by atoms with Gasteiger partial charge >= 0.3 is 12.4 Å². The van der Waals surface area contributed by atoms with Crippen molar-refractivity contribution in [2.24, 2.45) is 5.73 Å². The molecule has 2 atom stereocenters. The Balaban J connectivity index is 2.28. The number of benzene rings is 1. The van der Waals surface area contributed by atoms with Gasteiger partial charge in [-0.1, -0.05) is 12.1 Å². The van der Waals surface area contributed by atoms with Crippen LogP contribution in [0.4, 0.5) is 26.3 Å². The Labute approximate surface area is 166 Å². The van der Waals surface area contributed by atoms with Crippen molar-refractivity contribution in [3.05, 3.63) is 47.2 Å². The molecule has 5 nitrogen and oxygen atoms in total. The van der Waals surface area contributed by atoms with Crippen LogP contribution in [0.2, 0.25) is 0 Å². The highest BCUT2D eigenvalue weighted by atomic mass is 19.4. The first kappa shape index (κ1) is 21.9. The van der Waals surface area contributed by atoms with E-state index < -0.39 is 41.2 Å². The summed E-state index contributed by atoms with van der Waals surface area (Å²) in [5.41, 5.74) is -1.71. The third-order valence-electron chi connectivity index (χ3n) is 4.99. The van der Waals surface area contributed by atoms with E-state index in [2.05, 4.69) is 4.98 Å². The Morgan fingerprint density at radius 3 is 2.27 bits per heavy atom. The molecule has 30 heavy (non-hydrogen) atoms. The van der Waals surface area contributed by atoms with Crippen molar-refractivity contribution in [1.82, 2.24) is 4.98 Å². The van der Waals surface area contributed by atoms with Crippen LogP contribution in [0, 0.1) is 11.3 Å². The van der Waals surface area contributed by atoms with Crippen LogP contribution in [0.5, 0.6) is 5.75 Å². The SMILES string of the molecule is CC1(C#N)COc2c1cc(C(O)(CN)C(F)(F)F)nc2-c1ccc(C(F)(F)F)cc1. The maximum atomic E-state index is 13.5. The number of rotatable bonds is 3. The van der Waals surface area contributed by atoms with Gasteiger partial charge in [0.25, 0.3) is 0 Å². The van der Waals surface area contributed by atoms with Gasteiger partial charge in [-0.15, -0.1) is 0 Å². The van der Waals surface area contributed by atoms with Crippen molar-refractivity contribution in [3.63, 3.8) is 0 Å². The number of hydrogen-bond donors (Lipinski definition) is 2. The number of aromatic nitrogens is 1. The highest BCUT2D eigenvalue weighted by Crippen LogP contribution is 2.47. The standard InChI is InChI=1S/C19H15F6N3O2/c1-16(7-26)9-30-15-12(16)6-13(17(29,8-27)19(23,24)25)28-14(15)10-2-4-11(5-3-10)18(20,21)22/h2-6,29H,8-9,27H2,1H3. The molecule has 3 rings (SSSR count). The summed E-state index contributed by atoms with van der Waals surface area (Å²) >= 11 is 0. The lowest BCUT2D eigenvalue weighted by Crippen LogP contribution is -2.49. The molecule has 2 heterocycles. The second-order valence-corrected chi connectivity index (χ2v) is 7.10. The van der Waals surface area contributed by atoms with E-state index in [0.29, 0.717) is 0 Å². The molecular formula is C19H15F6N3O2. The van der Waals surface area contributed by atoms with Gasteiger partial charge in [0, 0.05) is 17.7 Å². The van der Waals surface area contributed by atoms with Gasteiger partial charge in [-0.3, -0.25) is 0 Å². The van der Waals surface area contributed by atoms with E-state index in [9.17, 15) is 36.7 Å². The van der Waals surface area contributed by atoms with Crippen LogP contribution in [0.1, 0.15) is 23.7 Å². The number of halogens is 6. The minimum atomic E-state index is -5.19. The van der Waals surface area contributed by atoms with Crippen molar-refractivity contribution in [3.8, 4) is 23.1 Å². The van der Waals surface area contributed by atoms with Crippen LogP contribution >= 0.6 is 0 Å². The number of nitrogens with two attached hydrogens (primary N) is 1. The van der Waals surface area contributed by atoms with Gasteiger partial charge in [0.1, 0.15) is 17.7 Å². The highest BCUT2D eigenvalue weighted by Gasteiger charge is 2.56. The zero-order valence-electron chi connectivity index (χ0n) is 15.4. The highest BCUT2D eigenvalue weighted by molar-refractivity contribution is 5.71. The molecule has 2 aromatic rings. The topological polar surface area (TPSA) is 92.2 Å². The molecule has 1 aliphatic heterocycles. The maximum Gasteiger partial charge on any atom is 0.424 e. The van der Waals surface area contributed by atoms with Crippen molar-refractivity contribution < 1.29 is 36.2 Å². The largest absolute Gasteiger partial charge is 0.489 e. The lowest BCUT2D eigenvalue weighted by atomic mass is 9.83. The number of pyridine rings is 1. The van der Waals surface area contributed by atoms with Crippen LogP contribution in [0.15, 0.2) is 30.3 Å². The summed E-state index contributed by atoms with van der Waals surface area (Å²) in [5, 5.41) is 19.7. The van der Waals surface area contributed by atoms with E-state index >= 15 is 0 Å². The maximum absolute atomic E-state index is 13.5. The Hall–Kier alpha value is -2.84.